The van der Waals surface area contributed by atoms with Gasteiger partial charge in [0.05, 0.1) is 42.2 Å². The second-order valence-corrected chi connectivity index (χ2v) is 9.87. The molecule has 0 radical (unpaired) electrons. The number of nitrogens with one attached hydrogen (secondary N) is 3. The van der Waals surface area contributed by atoms with Crippen molar-refractivity contribution in [3.05, 3.63) is 60.8 Å². The summed E-state index contributed by atoms with van der Waals surface area (Å²) < 4.78 is 23.3. The van der Waals surface area contributed by atoms with Gasteiger partial charge in [0.1, 0.15) is 5.75 Å². The first-order valence-corrected chi connectivity index (χ1v) is 13.2. The fourth-order valence-electron chi connectivity index (χ4n) is 3.65. The first kappa shape index (κ1) is 29.2. The number of halogens is 2. The van der Waals surface area contributed by atoms with Gasteiger partial charge in [-0.3, -0.25) is 4.79 Å². The Morgan fingerprint density at radius 3 is 2.63 bits per heavy atom. The quantitative estimate of drug-likeness (QED) is 0.149. The van der Waals surface area contributed by atoms with Crippen LogP contribution in [0.25, 0.3) is 0 Å². The normalized spacial score (nSPS) is 15.0. The molecule has 11 nitrogen and oxygen atoms in total. The molecule has 0 fully saturated rings. The summed E-state index contributed by atoms with van der Waals surface area (Å²) in [6.45, 7) is 3.18. The van der Waals surface area contributed by atoms with Crippen molar-refractivity contribution < 1.29 is 33.3 Å². The van der Waals surface area contributed by atoms with Gasteiger partial charge in [-0.1, -0.05) is 22.0 Å². The molecule has 3 N–H and O–H groups in total. The number of ether oxygens (including phenoxy) is 4. The fraction of sp³-hybridized carbons (Fsp3) is 0.280. The molecule has 202 valence electrons. The minimum atomic E-state index is -0.763. The molecule has 0 aromatic heterocycles. The van der Waals surface area contributed by atoms with Crippen LogP contribution in [-0.4, -0.2) is 51.6 Å². The molecule has 1 aliphatic rings. The number of methoxy groups -OCH3 is 2. The summed E-state index contributed by atoms with van der Waals surface area (Å²) >= 11 is 5.57. The van der Waals surface area contributed by atoms with E-state index in [4.69, 9.17) is 18.9 Å². The van der Waals surface area contributed by atoms with Gasteiger partial charge in [-0.15, -0.1) is 0 Å². The monoisotopic (exact) mass is 700 g/mol. The number of hydrogen-bond donors (Lipinski definition) is 3. The van der Waals surface area contributed by atoms with Crippen LogP contribution in [0.1, 0.15) is 31.0 Å². The zero-order valence-corrected chi connectivity index (χ0v) is 24.8. The number of urea groups is 1. The number of hydrazone groups is 1. The SMILES string of the molecule is CCOC(=O)C1=C(C)NC(=O)N[C@@H]1c1ccc(OCC(=O)N/N=C/c2cc(Br)cc(I)c2OC)c(OC)c1. The van der Waals surface area contributed by atoms with Crippen molar-refractivity contribution in [1.82, 2.24) is 16.1 Å². The molecule has 3 amide bonds. The van der Waals surface area contributed by atoms with E-state index in [2.05, 4.69) is 59.7 Å². The third-order valence-electron chi connectivity index (χ3n) is 5.28. The van der Waals surface area contributed by atoms with Crippen molar-refractivity contribution in [2.24, 2.45) is 5.10 Å². The van der Waals surface area contributed by atoms with E-state index in [1.54, 1.807) is 39.2 Å². The molecular weight excluding hydrogens is 675 g/mol. The molecule has 0 saturated carbocycles. The summed E-state index contributed by atoms with van der Waals surface area (Å²) in [5.41, 5.74) is 4.33. The number of hydrogen-bond acceptors (Lipinski definition) is 8. The average Bonchev–Trinajstić information content (AvgIpc) is 2.86. The Morgan fingerprint density at radius 2 is 1.95 bits per heavy atom. The van der Waals surface area contributed by atoms with Crippen LogP contribution in [0, 0.1) is 3.57 Å². The van der Waals surface area contributed by atoms with Crippen LogP contribution in [0.4, 0.5) is 4.79 Å². The van der Waals surface area contributed by atoms with Crippen molar-refractivity contribution in [2.45, 2.75) is 19.9 Å². The predicted molar refractivity (Wildman–Crippen MR) is 151 cm³/mol. The molecule has 0 aliphatic carbocycles. The molecule has 2 aromatic rings. The molecule has 1 atom stereocenters. The van der Waals surface area contributed by atoms with E-state index in [0.29, 0.717) is 28.3 Å². The maximum absolute atomic E-state index is 12.6. The molecule has 1 heterocycles. The molecule has 3 rings (SSSR count). The number of carbonyl (C=O) groups excluding carboxylic acids is 3. The molecule has 0 bridgehead atoms. The highest BCUT2D eigenvalue weighted by Crippen LogP contribution is 2.34. The number of carbonyl (C=O) groups is 3. The van der Waals surface area contributed by atoms with Crippen molar-refractivity contribution >= 4 is 62.6 Å². The largest absolute Gasteiger partial charge is 0.495 e. The smallest absolute Gasteiger partial charge is 0.338 e. The van der Waals surface area contributed by atoms with Gasteiger partial charge in [-0.2, -0.15) is 5.10 Å². The lowest BCUT2D eigenvalue weighted by Crippen LogP contribution is -2.45. The van der Waals surface area contributed by atoms with Gasteiger partial charge < -0.3 is 29.6 Å². The fourth-order valence-corrected chi connectivity index (χ4v) is 5.42. The van der Waals surface area contributed by atoms with Gasteiger partial charge in [-0.05, 0) is 66.3 Å². The van der Waals surface area contributed by atoms with Crippen LogP contribution < -0.4 is 30.3 Å². The van der Waals surface area contributed by atoms with Crippen LogP contribution in [0.3, 0.4) is 0 Å². The Bertz CT molecular complexity index is 1300. The maximum Gasteiger partial charge on any atom is 0.338 e. The van der Waals surface area contributed by atoms with Crippen molar-refractivity contribution in [3.8, 4) is 17.2 Å². The Labute approximate surface area is 241 Å². The van der Waals surface area contributed by atoms with E-state index in [9.17, 15) is 14.4 Å². The Hall–Kier alpha value is -3.33. The summed E-state index contributed by atoms with van der Waals surface area (Å²) in [6.07, 6.45) is 1.48. The van der Waals surface area contributed by atoms with Gasteiger partial charge in [-0.25, -0.2) is 15.0 Å². The minimum Gasteiger partial charge on any atom is -0.495 e. The topological polar surface area (TPSA) is 137 Å². The highest BCUT2D eigenvalue weighted by molar-refractivity contribution is 14.1. The lowest BCUT2D eigenvalue weighted by atomic mass is 9.95. The molecule has 0 saturated heterocycles. The third kappa shape index (κ3) is 7.16. The summed E-state index contributed by atoms with van der Waals surface area (Å²) in [4.78, 5) is 37.0. The molecule has 0 unspecified atom stereocenters. The zero-order chi connectivity index (χ0) is 27.8. The first-order valence-electron chi connectivity index (χ1n) is 11.3. The maximum atomic E-state index is 12.6. The number of benzene rings is 2. The van der Waals surface area contributed by atoms with Crippen molar-refractivity contribution in [1.29, 1.82) is 0 Å². The summed E-state index contributed by atoms with van der Waals surface area (Å²) in [6, 6.07) is 7.37. The molecular formula is C25H26BrIN4O7. The molecule has 2 aromatic carbocycles. The first-order chi connectivity index (χ1) is 18.2. The zero-order valence-electron chi connectivity index (χ0n) is 21.0. The van der Waals surface area contributed by atoms with E-state index in [-0.39, 0.29) is 24.5 Å². The van der Waals surface area contributed by atoms with E-state index in [1.807, 2.05) is 12.1 Å². The van der Waals surface area contributed by atoms with Crippen molar-refractivity contribution in [2.75, 3.05) is 27.4 Å². The van der Waals surface area contributed by atoms with E-state index < -0.39 is 23.9 Å². The molecule has 0 spiro atoms. The van der Waals surface area contributed by atoms with Gasteiger partial charge in [0, 0.05) is 15.7 Å². The average molecular weight is 701 g/mol. The standard InChI is InChI=1S/C25H26BrIN4O7/c1-5-37-24(33)21-13(2)29-25(34)30-22(21)14-6-7-18(19(9-14)35-3)38-12-20(32)31-28-11-15-8-16(26)10-17(27)23(15)36-4/h6-11,22H,5,12H2,1-4H3,(H,31,32)(H2,29,30,34)/b28-11+/t22-/m1/s1. The molecule has 13 heteroatoms. The second kappa shape index (κ2) is 13.5. The Kier molecular flexibility index (Phi) is 10.4. The van der Waals surface area contributed by atoms with Gasteiger partial charge in [0.2, 0.25) is 0 Å². The van der Waals surface area contributed by atoms with Crippen LogP contribution in [0.15, 0.2) is 51.2 Å². The summed E-state index contributed by atoms with van der Waals surface area (Å²) in [7, 11) is 3.00. The van der Waals surface area contributed by atoms with E-state index >= 15 is 0 Å². The number of esters is 1. The van der Waals surface area contributed by atoms with E-state index in [0.717, 1.165) is 8.04 Å². The number of rotatable bonds is 10. The lowest BCUT2D eigenvalue weighted by molar-refractivity contribution is -0.139. The van der Waals surface area contributed by atoms with Gasteiger partial charge in [0.25, 0.3) is 5.91 Å². The molecule has 38 heavy (non-hydrogen) atoms. The van der Waals surface area contributed by atoms with Crippen LogP contribution in [0.2, 0.25) is 0 Å². The van der Waals surface area contributed by atoms with Gasteiger partial charge in [0.15, 0.2) is 18.1 Å². The summed E-state index contributed by atoms with van der Waals surface area (Å²) in [5, 5.41) is 9.30. The van der Waals surface area contributed by atoms with Crippen molar-refractivity contribution in [3.63, 3.8) is 0 Å². The highest BCUT2D eigenvalue weighted by Gasteiger charge is 2.32. The number of amides is 3. The van der Waals surface area contributed by atoms with Crippen LogP contribution in [-0.2, 0) is 14.3 Å². The second-order valence-electron chi connectivity index (χ2n) is 7.79. The highest BCUT2D eigenvalue weighted by atomic mass is 127. The molecule has 1 aliphatic heterocycles. The Balaban J connectivity index is 1.70. The minimum absolute atomic E-state index is 0.189. The predicted octanol–water partition coefficient (Wildman–Crippen LogP) is 3.79. The van der Waals surface area contributed by atoms with E-state index in [1.165, 1.54) is 13.3 Å². The number of allylic oxidation sites excluding steroid dienone is 1. The van der Waals surface area contributed by atoms with Crippen LogP contribution >= 0.6 is 38.5 Å². The lowest BCUT2D eigenvalue weighted by Gasteiger charge is -2.28. The Morgan fingerprint density at radius 1 is 1.18 bits per heavy atom. The van der Waals surface area contributed by atoms with Gasteiger partial charge >= 0.3 is 12.0 Å². The number of nitrogens with zero attached hydrogens (tertiary/aromatic N) is 1. The van der Waals surface area contributed by atoms with Crippen LogP contribution in [0.5, 0.6) is 17.2 Å². The third-order valence-corrected chi connectivity index (χ3v) is 6.54. The summed E-state index contributed by atoms with van der Waals surface area (Å²) in [5.74, 6) is 0.186.